The van der Waals surface area contributed by atoms with Gasteiger partial charge in [-0.25, -0.2) is 9.67 Å². The van der Waals surface area contributed by atoms with Crippen molar-refractivity contribution in [3.05, 3.63) is 24.8 Å². The zero-order valence-corrected chi connectivity index (χ0v) is 9.18. The van der Waals surface area contributed by atoms with Gasteiger partial charge in [0, 0.05) is 13.1 Å². The number of carbonyl (C=O) groups excluding carboxylic acids is 1. The van der Waals surface area contributed by atoms with Gasteiger partial charge in [0.25, 0.3) is 0 Å². The average Bonchev–Trinajstić information content (AvgIpc) is 2.66. The summed E-state index contributed by atoms with van der Waals surface area (Å²) in [6.07, 6.45) is 2.95. The first-order valence-electron chi connectivity index (χ1n) is 4.88. The van der Waals surface area contributed by atoms with Crippen molar-refractivity contribution in [3.63, 3.8) is 0 Å². The van der Waals surface area contributed by atoms with Gasteiger partial charge in [0.05, 0.1) is 0 Å². The van der Waals surface area contributed by atoms with Gasteiger partial charge in [0.1, 0.15) is 19.2 Å². The van der Waals surface area contributed by atoms with Gasteiger partial charge in [-0.2, -0.15) is 5.10 Å². The van der Waals surface area contributed by atoms with Gasteiger partial charge in [0.15, 0.2) is 0 Å². The molecule has 15 heavy (non-hydrogen) atoms. The molecule has 0 unspecified atom stereocenters. The molecular formula is C10H16N4O. The number of amides is 1. The first-order valence-corrected chi connectivity index (χ1v) is 4.88. The molecule has 1 amide bonds. The lowest BCUT2D eigenvalue weighted by molar-refractivity contribution is -0.131. The predicted molar refractivity (Wildman–Crippen MR) is 57.1 cm³/mol. The van der Waals surface area contributed by atoms with Crippen LogP contribution in [-0.4, -0.2) is 38.7 Å². The van der Waals surface area contributed by atoms with Crippen LogP contribution in [0.4, 0.5) is 0 Å². The lowest BCUT2D eigenvalue weighted by Gasteiger charge is -2.20. The van der Waals surface area contributed by atoms with Crippen LogP contribution in [0.1, 0.15) is 13.8 Å². The van der Waals surface area contributed by atoms with Gasteiger partial charge >= 0.3 is 0 Å². The lowest BCUT2D eigenvalue weighted by atomic mass is 10.3. The maximum atomic E-state index is 11.8. The third kappa shape index (κ3) is 3.53. The highest BCUT2D eigenvalue weighted by Gasteiger charge is 2.11. The first-order chi connectivity index (χ1) is 7.13. The highest BCUT2D eigenvalue weighted by atomic mass is 16.2. The Labute approximate surface area is 89.4 Å². The van der Waals surface area contributed by atoms with Gasteiger partial charge in [-0.15, -0.1) is 0 Å². The van der Waals surface area contributed by atoms with Crippen molar-refractivity contribution < 1.29 is 4.79 Å². The molecule has 0 spiro atoms. The number of hydrogen-bond donors (Lipinski definition) is 0. The molecule has 0 saturated carbocycles. The van der Waals surface area contributed by atoms with E-state index in [2.05, 4.69) is 16.7 Å². The summed E-state index contributed by atoms with van der Waals surface area (Å²) in [6, 6.07) is 0. The molecule has 1 aromatic rings. The molecule has 0 radical (unpaired) electrons. The van der Waals surface area contributed by atoms with Gasteiger partial charge in [-0.05, 0) is 13.8 Å². The van der Waals surface area contributed by atoms with Crippen molar-refractivity contribution in [1.82, 2.24) is 19.7 Å². The third-order valence-corrected chi connectivity index (χ3v) is 1.96. The van der Waals surface area contributed by atoms with Crippen LogP contribution < -0.4 is 0 Å². The molecule has 5 nitrogen and oxygen atoms in total. The summed E-state index contributed by atoms with van der Waals surface area (Å²) >= 11 is 0. The number of hydrogen-bond acceptors (Lipinski definition) is 3. The molecule has 0 aliphatic heterocycles. The number of likely N-dealkylation sites (N-methyl/N-ethyl adjacent to an activating group) is 1. The van der Waals surface area contributed by atoms with Crippen LogP contribution in [0.3, 0.4) is 0 Å². The molecule has 1 heterocycles. The zero-order chi connectivity index (χ0) is 11.3. The molecule has 1 aromatic heterocycles. The molecule has 0 aromatic carbocycles. The third-order valence-electron chi connectivity index (χ3n) is 1.96. The van der Waals surface area contributed by atoms with Crippen LogP contribution in [0.15, 0.2) is 24.8 Å². The Morgan fingerprint density at radius 2 is 2.33 bits per heavy atom. The zero-order valence-electron chi connectivity index (χ0n) is 9.18. The minimum atomic E-state index is 0.0333. The van der Waals surface area contributed by atoms with Crippen LogP contribution in [0.2, 0.25) is 0 Å². The Morgan fingerprint density at radius 1 is 1.60 bits per heavy atom. The van der Waals surface area contributed by atoms with Gasteiger partial charge in [-0.1, -0.05) is 12.2 Å². The van der Waals surface area contributed by atoms with Crippen molar-refractivity contribution in [2.75, 3.05) is 13.1 Å². The maximum Gasteiger partial charge on any atom is 0.244 e. The van der Waals surface area contributed by atoms with Crippen molar-refractivity contribution in [2.45, 2.75) is 20.4 Å². The molecular weight excluding hydrogens is 192 g/mol. The minimum absolute atomic E-state index is 0.0333. The summed E-state index contributed by atoms with van der Waals surface area (Å²) in [6.45, 7) is 9.17. The molecule has 1 rings (SSSR count). The fourth-order valence-electron chi connectivity index (χ4n) is 1.26. The largest absolute Gasteiger partial charge is 0.337 e. The van der Waals surface area contributed by atoms with E-state index in [1.807, 2.05) is 13.8 Å². The molecule has 0 saturated heterocycles. The predicted octanol–water partition coefficient (Wildman–Crippen LogP) is 0.703. The Hall–Kier alpha value is -1.65. The minimum Gasteiger partial charge on any atom is -0.337 e. The molecule has 0 aliphatic rings. The second kappa shape index (κ2) is 5.29. The Bertz CT molecular complexity index is 331. The number of rotatable bonds is 5. The Morgan fingerprint density at radius 3 is 2.80 bits per heavy atom. The average molecular weight is 208 g/mol. The summed E-state index contributed by atoms with van der Waals surface area (Å²) in [4.78, 5) is 17.3. The highest BCUT2D eigenvalue weighted by molar-refractivity contribution is 5.76. The summed E-state index contributed by atoms with van der Waals surface area (Å²) in [5.74, 6) is 0.0333. The van der Waals surface area contributed by atoms with E-state index in [0.717, 1.165) is 5.57 Å². The summed E-state index contributed by atoms with van der Waals surface area (Å²) in [7, 11) is 0. The second-order valence-electron chi connectivity index (χ2n) is 3.46. The fourth-order valence-corrected chi connectivity index (χ4v) is 1.26. The lowest BCUT2D eigenvalue weighted by Crippen LogP contribution is -2.34. The number of nitrogens with zero attached hydrogens (tertiary/aromatic N) is 4. The molecule has 0 aliphatic carbocycles. The Balaban J connectivity index is 2.54. The van der Waals surface area contributed by atoms with E-state index in [-0.39, 0.29) is 12.5 Å². The first kappa shape index (κ1) is 11.4. The fraction of sp³-hybridized carbons (Fsp3) is 0.500. The quantitative estimate of drug-likeness (QED) is 0.669. The van der Waals surface area contributed by atoms with Crippen LogP contribution in [0.25, 0.3) is 0 Å². The standard InChI is InChI=1S/C10H16N4O/c1-4-13(5-9(2)3)10(15)6-14-8-11-7-12-14/h7-8H,2,4-6H2,1,3H3. The van der Waals surface area contributed by atoms with Gasteiger partial charge in [0.2, 0.25) is 5.91 Å². The van der Waals surface area contributed by atoms with E-state index < -0.39 is 0 Å². The molecule has 82 valence electrons. The van der Waals surface area contributed by atoms with E-state index in [1.165, 1.54) is 17.3 Å². The molecule has 5 heteroatoms. The van der Waals surface area contributed by atoms with Crippen LogP contribution >= 0.6 is 0 Å². The maximum absolute atomic E-state index is 11.8. The molecule has 0 bridgehead atoms. The smallest absolute Gasteiger partial charge is 0.244 e. The summed E-state index contributed by atoms with van der Waals surface area (Å²) < 4.78 is 1.52. The summed E-state index contributed by atoms with van der Waals surface area (Å²) in [5, 5.41) is 3.89. The second-order valence-corrected chi connectivity index (χ2v) is 3.46. The van der Waals surface area contributed by atoms with E-state index >= 15 is 0 Å². The van der Waals surface area contributed by atoms with Crippen molar-refractivity contribution in [1.29, 1.82) is 0 Å². The molecule has 0 fully saturated rings. The number of aromatic nitrogens is 3. The Kier molecular flexibility index (Phi) is 4.03. The SMILES string of the molecule is C=C(C)CN(CC)C(=O)Cn1cncn1. The van der Waals surface area contributed by atoms with E-state index in [9.17, 15) is 4.79 Å². The van der Waals surface area contributed by atoms with Crippen molar-refractivity contribution in [2.24, 2.45) is 0 Å². The van der Waals surface area contributed by atoms with E-state index in [0.29, 0.717) is 13.1 Å². The monoisotopic (exact) mass is 208 g/mol. The van der Waals surface area contributed by atoms with E-state index in [4.69, 9.17) is 0 Å². The van der Waals surface area contributed by atoms with Crippen LogP contribution in [0.5, 0.6) is 0 Å². The van der Waals surface area contributed by atoms with Crippen LogP contribution in [0, 0.1) is 0 Å². The van der Waals surface area contributed by atoms with Gasteiger partial charge < -0.3 is 4.90 Å². The summed E-state index contributed by atoms with van der Waals surface area (Å²) in [5.41, 5.74) is 0.976. The van der Waals surface area contributed by atoms with Crippen LogP contribution in [-0.2, 0) is 11.3 Å². The molecule has 0 atom stereocenters. The van der Waals surface area contributed by atoms with E-state index in [1.54, 1.807) is 4.90 Å². The van der Waals surface area contributed by atoms with Gasteiger partial charge in [-0.3, -0.25) is 4.79 Å². The normalized spacial score (nSPS) is 10.0. The van der Waals surface area contributed by atoms with Crippen molar-refractivity contribution in [3.8, 4) is 0 Å². The van der Waals surface area contributed by atoms with Crippen molar-refractivity contribution >= 4 is 5.91 Å². The number of carbonyl (C=O) groups is 1. The molecule has 0 N–H and O–H groups in total. The topological polar surface area (TPSA) is 51.0 Å². The highest BCUT2D eigenvalue weighted by Crippen LogP contribution is 1.98.